The van der Waals surface area contributed by atoms with Crippen molar-refractivity contribution in [2.75, 3.05) is 5.75 Å². The van der Waals surface area contributed by atoms with E-state index in [1.807, 2.05) is 0 Å². The zero-order chi connectivity index (χ0) is 17.1. The lowest BCUT2D eigenvalue weighted by Crippen LogP contribution is -1.98. The first-order valence-electron chi connectivity index (χ1n) is 8.53. The second-order valence-corrected chi connectivity index (χ2v) is 6.97. The van der Waals surface area contributed by atoms with E-state index in [9.17, 15) is 17.6 Å². The molecule has 0 aliphatic heterocycles. The van der Waals surface area contributed by atoms with Crippen LogP contribution in [0.4, 0.5) is 17.6 Å². The Morgan fingerprint density at radius 1 is 0.696 bits per heavy atom. The largest absolute Gasteiger partial charge is 0.204 e. The molecular formula is C18H26F4S. The molecule has 0 saturated carbocycles. The zero-order valence-corrected chi connectivity index (χ0v) is 14.6. The van der Waals surface area contributed by atoms with Crippen molar-refractivity contribution in [1.29, 1.82) is 0 Å². The molecule has 0 aliphatic rings. The van der Waals surface area contributed by atoms with Gasteiger partial charge in [0.05, 0.1) is 0 Å². The fraction of sp³-hybridized carbons (Fsp3) is 0.667. The molecule has 1 aromatic rings. The van der Waals surface area contributed by atoms with E-state index in [1.165, 1.54) is 44.9 Å². The summed E-state index contributed by atoms with van der Waals surface area (Å²) in [5, 5.41) is 0. The second kappa shape index (κ2) is 11.8. The van der Waals surface area contributed by atoms with E-state index >= 15 is 0 Å². The molecule has 0 aromatic heterocycles. The molecule has 0 spiro atoms. The molecule has 0 atom stereocenters. The monoisotopic (exact) mass is 350 g/mol. The van der Waals surface area contributed by atoms with Crippen LogP contribution < -0.4 is 0 Å². The van der Waals surface area contributed by atoms with E-state index in [4.69, 9.17) is 0 Å². The number of benzene rings is 1. The summed E-state index contributed by atoms with van der Waals surface area (Å²) in [6.07, 6.45) is 12.0. The Balaban J connectivity index is 2.10. The third-order valence-electron chi connectivity index (χ3n) is 3.82. The van der Waals surface area contributed by atoms with Crippen LogP contribution in [-0.2, 0) is 0 Å². The lowest BCUT2D eigenvalue weighted by atomic mass is 10.1. The quantitative estimate of drug-likeness (QED) is 0.126. The van der Waals surface area contributed by atoms with Gasteiger partial charge < -0.3 is 0 Å². The SMILES string of the molecule is CCCCCCCCCCCCSc1cc(F)c(F)c(F)c1F. The van der Waals surface area contributed by atoms with Gasteiger partial charge in [0.1, 0.15) is 0 Å². The minimum absolute atomic E-state index is 0.155. The first-order valence-corrected chi connectivity index (χ1v) is 9.52. The van der Waals surface area contributed by atoms with Gasteiger partial charge in [-0.3, -0.25) is 0 Å². The highest BCUT2D eigenvalue weighted by Gasteiger charge is 2.18. The Morgan fingerprint density at radius 3 is 1.78 bits per heavy atom. The van der Waals surface area contributed by atoms with E-state index < -0.39 is 23.3 Å². The van der Waals surface area contributed by atoms with Crippen LogP contribution in [0.2, 0.25) is 0 Å². The van der Waals surface area contributed by atoms with Crippen molar-refractivity contribution in [1.82, 2.24) is 0 Å². The van der Waals surface area contributed by atoms with Gasteiger partial charge in [0.2, 0.25) is 0 Å². The standard InChI is InChI=1S/C18H26F4S/c1-2-3-4-5-6-7-8-9-10-11-12-23-15-13-14(19)16(20)18(22)17(15)21/h13H,2-12H2,1H3. The summed E-state index contributed by atoms with van der Waals surface area (Å²) in [5.74, 6) is -5.52. The molecular weight excluding hydrogens is 324 g/mol. The molecule has 23 heavy (non-hydrogen) atoms. The normalized spacial score (nSPS) is 11.2. The molecule has 0 radical (unpaired) electrons. The average molecular weight is 350 g/mol. The van der Waals surface area contributed by atoms with E-state index in [-0.39, 0.29) is 4.90 Å². The van der Waals surface area contributed by atoms with Gasteiger partial charge in [0.15, 0.2) is 23.3 Å². The van der Waals surface area contributed by atoms with Crippen LogP contribution >= 0.6 is 11.8 Å². The molecule has 0 fully saturated rings. The number of rotatable bonds is 12. The molecule has 0 N–H and O–H groups in total. The molecule has 0 aliphatic carbocycles. The topological polar surface area (TPSA) is 0 Å². The summed E-state index contributed by atoms with van der Waals surface area (Å²) in [6.45, 7) is 2.21. The van der Waals surface area contributed by atoms with Crippen molar-refractivity contribution in [2.45, 2.75) is 76.0 Å². The minimum atomic E-state index is -1.74. The van der Waals surface area contributed by atoms with Gasteiger partial charge >= 0.3 is 0 Å². The van der Waals surface area contributed by atoms with Crippen LogP contribution in [0.15, 0.2) is 11.0 Å². The van der Waals surface area contributed by atoms with E-state index in [2.05, 4.69) is 6.92 Å². The summed E-state index contributed by atoms with van der Waals surface area (Å²) < 4.78 is 52.4. The number of hydrogen-bond acceptors (Lipinski definition) is 1. The smallest absolute Gasteiger partial charge is 0.198 e. The number of thioether (sulfide) groups is 1. The van der Waals surface area contributed by atoms with E-state index in [1.54, 1.807) is 0 Å². The van der Waals surface area contributed by atoms with Crippen LogP contribution in [-0.4, -0.2) is 5.75 Å². The summed E-state index contributed by atoms with van der Waals surface area (Å²) in [6, 6.07) is 0.731. The zero-order valence-electron chi connectivity index (χ0n) is 13.8. The first kappa shape index (κ1) is 20.3. The molecule has 0 saturated heterocycles. The van der Waals surface area contributed by atoms with Crippen molar-refractivity contribution in [3.63, 3.8) is 0 Å². The van der Waals surface area contributed by atoms with E-state index in [0.29, 0.717) is 5.75 Å². The maximum absolute atomic E-state index is 13.4. The number of halogens is 4. The molecule has 0 nitrogen and oxygen atoms in total. The van der Waals surface area contributed by atoms with Crippen molar-refractivity contribution >= 4 is 11.8 Å². The van der Waals surface area contributed by atoms with Gasteiger partial charge in [-0.15, -0.1) is 11.8 Å². The van der Waals surface area contributed by atoms with Crippen molar-refractivity contribution in [3.05, 3.63) is 29.3 Å². The fourth-order valence-electron chi connectivity index (χ4n) is 2.43. The Hall–Kier alpha value is -0.710. The highest BCUT2D eigenvalue weighted by atomic mass is 32.2. The van der Waals surface area contributed by atoms with Gasteiger partial charge in [-0.25, -0.2) is 17.6 Å². The van der Waals surface area contributed by atoms with Crippen LogP contribution in [0.25, 0.3) is 0 Å². The van der Waals surface area contributed by atoms with Gasteiger partial charge in [0, 0.05) is 4.90 Å². The maximum atomic E-state index is 13.4. The molecule has 0 unspecified atom stereocenters. The van der Waals surface area contributed by atoms with Gasteiger partial charge in [-0.05, 0) is 18.2 Å². The predicted molar refractivity (Wildman–Crippen MR) is 88.8 cm³/mol. The molecule has 5 heteroatoms. The number of hydrogen-bond donors (Lipinski definition) is 0. The molecule has 0 heterocycles. The van der Waals surface area contributed by atoms with Crippen molar-refractivity contribution in [3.8, 4) is 0 Å². The highest BCUT2D eigenvalue weighted by Crippen LogP contribution is 2.28. The maximum Gasteiger partial charge on any atom is 0.198 e. The molecule has 0 bridgehead atoms. The Labute approximate surface area is 141 Å². The summed E-state index contributed by atoms with van der Waals surface area (Å²) >= 11 is 1.04. The number of unbranched alkanes of at least 4 members (excludes halogenated alkanes) is 9. The summed E-state index contributed by atoms with van der Waals surface area (Å²) in [4.78, 5) is -0.155. The molecule has 1 aromatic carbocycles. The molecule has 0 amide bonds. The Bertz CT molecular complexity index is 463. The lowest BCUT2D eigenvalue weighted by Gasteiger charge is -2.06. The fourth-order valence-corrected chi connectivity index (χ4v) is 3.40. The third kappa shape index (κ3) is 7.60. The van der Waals surface area contributed by atoms with Gasteiger partial charge in [0.25, 0.3) is 0 Å². The van der Waals surface area contributed by atoms with Crippen molar-refractivity contribution < 1.29 is 17.6 Å². The minimum Gasteiger partial charge on any atom is -0.204 e. The molecule has 1 rings (SSSR count). The van der Waals surface area contributed by atoms with E-state index in [0.717, 1.165) is 37.1 Å². The van der Waals surface area contributed by atoms with Crippen LogP contribution in [0.5, 0.6) is 0 Å². The predicted octanol–water partition coefficient (Wildman–Crippen LogP) is 7.26. The highest BCUT2D eigenvalue weighted by molar-refractivity contribution is 7.99. The second-order valence-electron chi connectivity index (χ2n) is 5.83. The van der Waals surface area contributed by atoms with Crippen molar-refractivity contribution in [2.24, 2.45) is 0 Å². The molecule has 132 valence electrons. The van der Waals surface area contributed by atoms with Crippen LogP contribution in [0, 0.1) is 23.3 Å². The van der Waals surface area contributed by atoms with Crippen LogP contribution in [0.1, 0.15) is 71.1 Å². The Morgan fingerprint density at radius 2 is 1.22 bits per heavy atom. The van der Waals surface area contributed by atoms with Gasteiger partial charge in [-0.2, -0.15) is 0 Å². The first-order chi connectivity index (χ1) is 11.1. The summed E-state index contributed by atoms with van der Waals surface area (Å²) in [7, 11) is 0. The van der Waals surface area contributed by atoms with Crippen LogP contribution in [0.3, 0.4) is 0 Å². The lowest BCUT2D eigenvalue weighted by molar-refractivity contribution is 0.398. The Kier molecular flexibility index (Phi) is 10.4. The van der Waals surface area contributed by atoms with Gasteiger partial charge in [-0.1, -0.05) is 64.7 Å². The summed E-state index contributed by atoms with van der Waals surface area (Å²) in [5.41, 5.74) is 0. The third-order valence-corrected chi connectivity index (χ3v) is 4.93. The average Bonchev–Trinajstić information content (AvgIpc) is 2.55.